The summed E-state index contributed by atoms with van der Waals surface area (Å²) in [5.41, 5.74) is 5.74. The molecule has 1 heterocycles. The molecule has 0 aromatic heterocycles. The van der Waals surface area contributed by atoms with E-state index in [1.807, 2.05) is 18.2 Å². The molecule has 2 aromatic rings. The maximum absolute atomic E-state index is 14.1. The maximum atomic E-state index is 14.1. The molecule has 1 spiro atoms. The number of ketones is 1. The van der Waals surface area contributed by atoms with Crippen LogP contribution in [0.1, 0.15) is 81.4 Å². The Kier molecular flexibility index (Phi) is 5.77. The highest BCUT2D eigenvalue weighted by Gasteiger charge is 2.56. The van der Waals surface area contributed by atoms with E-state index in [0.29, 0.717) is 11.7 Å². The van der Waals surface area contributed by atoms with Gasteiger partial charge in [-0.2, -0.15) is 0 Å². The topological polar surface area (TPSA) is 26.3 Å². The molecule has 4 aliphatic rings. The third kappa shape index (κ3) is 3.78. The Balaban J connectivity index is 1.41. The maximum Gasteiger partial charge on any atom is 0.169 e. The molecule has 2 nitrogen and oxygen atoms in total. The predicted molar refractivity (Wildman–Crippen MR) is 137 cm³/mol. The van der Waals surface area contributed by atoms with Crippen molar-refractivity contribution in [3.63, 3.8) is 0 Å². The van der Waals surface area contributed by atoms with Gasteiger partial charge in [-0.1, -0.05) is 72.3 Å². The van der Waals surface area contributed by atoms with Gasteiger partial charge in [0, 0.05) is 5.92 Å². The molecule has 1 saturated carbocycles. The fraction of sp³-hybridized carbons (Fsp3) is 0.406. The lowest BCUT2D eigenvalue weighted by Gasteiger charge is -2.46. The van der Waals surface area contributed by atoms with Gasteiger partial charge in [0.1, 0.15) is 11.9 Å². The molecule has 0 amide bonds. The van der Waals surface area contributed by atoms with Crippen molar-refractivity contribution in [3.8, 4) is 0 Å². The van der Waals surface area contributed by atoms with Crippen LogP contribution in [0.25, 0.3) is 6.08 Å². The van der Waals surface area contributed by atoms with Crippen LogP contribution in [0.2, 0.25) is 0 Å². The lowest BCUT2D eigenvalue weighted by Crippen LogP contribution is -2.40. The second kappa shape index (κ2) is 9.06. The molecule has 0 unspecified atom stereocenters. The summed E-state index contributed by atoms with van der Waals surface area (Å²) in [4.78, 5) is 14.1. The molecule has 34 heavy (non-hydrogen) atoms. The van der Waals surface area contributed by atoms with Crippen molar-refractivity contribution in [2.24, 2.45) is 11.3 Å². The number of ether oxygens (including phenoxy) is 1. The van der Waals surface area contributed by atoms with Crippen LogP contribution in [-0.4, -0.2) is 5.78 Å². The smallest absolute Gasteiger partial charge is 0.169 e. The van der Waals surface area contributed by atoms with E-state index in [0.717, 1.165) is 42.4 Å². The van der Waals surface area contributed by atoms with E-state index in [2.05, 4.69) is 54.6 Å². The minimum absolute atomic E-state index is 0.202. The van der Waals surface area contributed by atoms with E-state index in [1.54, 1.807) is 5.57 Å². The van der Waals surface area contributed by atoms with E-state index >= 15 is 0 Å². The Morgan fingerprint density at radius 2 is 1.68 bits per heavy atom. The summed E-state index contributed by atoms with van der Waals surface area (Å²) < 4.78 is 7.04. The van der Waals surface area contributed by atoms with Crippen LogP contribution in [-0.2, 0) is 9.53 Å². The lowest BCUT2D eigenvalue weighted by atomic mass is 9.66. The second-order valence-electron chi connectivity index (χ2n) is 10.6. The summed E-state index contributed by atoms with van der Waals surface area (Å²) >= 11 is 0. The first-order chi connectivity index (χ1) is 16.7. The van der Waals surface area contributed by atoms with Gasteiger partial charge in [-0.25, -0.2) is 0 Å². The number of allylic oxidation sites excluding steroid dienone is 4. The van der Waals surface area contributed by atoms with Crippen LogP contribution in [0, 0.1) is 11.3 Å². The summed E-state index contributed by atoms with van der Waals surface area (Å²) in [5.74, 6) is 1.94. The van der Waals surface area contributed by atoms with Crippen molar-refractivity contribution in [3.05, 3.63) is 100 Å². The van der Waals surface area contributed by atoms with Gasteiger partial charge in [0.05, 0.1) is 5.41 Å². The Bertz CT molecular complexity index is 1150. The van der Waals surface area contributed by atoms with Crippen LogP contribution in [0.4, 0.5) is 0 Å². The zero-order valence-corrected chi connectivity index (χ0v) is 20.0. The number of Topliss-reactive ketones (excluding diaryl/α,β-unsaturated/α-hetero) is 1. The molecule has 0 radical (unpaired) electrons. The van der Waals surface area contributed by atoms with Gasteiger partial charge in [-0.05, 0) is 92.6 Å². The molecule has 1 fully saturated rings. The standard InChI is InChI=1S/C32H34O2/c33-30-26(21-23-11-4-1-5-12-23)19-20-32(30)22-27-17-10-18-28(24-13-6-2-7-14-24)29(27)34-31(32)25-15-8-3-9-16-25/h1,3-5,8-9,11-13,15-16,21,28,31H,2,6-7,10,14,17-20,22H2/t28-,31+,32+/m0/s1. The summed E-state index contributed by atoms with van der Waals surface area (Å²) in [6.45, 7) is 0. The van der Waals surface area contributed by atoms with E-state index in [1.165, 1.54) is 49.9 Å². The van der Waals surface area contributed by atoms with E-state index in [9.17, 15) is 4.79 Å². The van der Waals surface area contributed by atoms with Crippen LogP contribution < -0.4 is 0 Å². The molecule has 0 N–H and O–H groups in total. The Labute approximate surface area is 203 Å². The van der Waals surface area contributed by atoms with E-state index in [4.69, 9.17) is 4.74 Å². The molecule has 1 aliphatic heterocycles. The SMILES string of the molecule is O=C1C(=Cc2ccccc2)CC[C@@]12CC1=C(O[C@@H]2c2ccccc2)[C@H](C2=CCCCC2)CCC1. The number of carbonyl (C=O) groups excluding carboxylic acids is 1. The molecule has 3 atom stereocenters. The first kappa shape index (κ1) is 21.6. The van der Waals surface area contributed by atoms with Crippen molar-refractivity contribution in [2.75, 3.05) is 0 Å². The van der Waals surface area contributed by atoms with Crippen LogP contribution in [0.5, 0.6) is 0 Å². The average molecular weight is 451 g/mol. The number of rotatable bonds is 3. The highest BCUT2D eigenvalue weighted by molar-refractivity contribution is 6.06. The van der Waals surface area contributed by atoms with Gasteiger partial charge >= 0.3 is 0 Å². The van der Waals surface area contributed by atoms with Crippen LogP contribution in [0.15, 0.2) is 89.2 Å². The van der Waals surface area contributed by atoms with Crippen molar-refractivity contribution >= 4 is 11.9 Å². The normalized spacial score (nSPS) is 30.3. The zero-order chi connectivity index (χ0) is 23.0. The first-order valence-corrected chi connectivity index (χ1v) is 13.2. The number of carbonyl (C=O) groups is 1. The molecule has 3 aliphatic carbocycles. The lowest BCUT2D eigenvalue weighted by molar-refractivity contribution is -0.134. The second-order valence-corrected chi connectivity index (χ2v) is 10.6. The molecule has 174 valence electrons. The first-order valence-electron chi connectivity index (χ1n) is 13.2. The van der Waals surface area contributed by atoms with Gasteiger partial charge < -0.3 is 4.74 Å². The van der Waals surface area contributed by atoms with Crippen molar-refractivity contribution < 1.29 is 9.53 Å². The van der Waals surface area contributed by atoms with Crippen molar-refractivity contribution in [1.29, 1.82) is 0 Å². The highest BCUT2D eigenvalue weighted by atomic mass is 16.5. The Morgan fingerprint density at radius 3 is 2.44 bits per heavy atom. The van der Waals surface area contributed by atoms with E-state index < -0.39 is 5.41 Å². The quantitative estimate of drug-likeness (QED) is 0.348. The number of benzene rings is 2. The third-order valence-electron chi connectivity index (χ3n) is 8.51. The monoisotopic (exact) mass is 450 g/mol. The minimum atomic E-state index is -0.483. The van der Waals surface area contributed by atoms with E-state index in [-0.39, 0.29) is 6.10 Å². The molecule has 2 aromatic carbocycles. The number of hydrogen-bond acceptors (Lipinski definition) is 2. The largest absolute Gasteiger partial charge is 0.488 e. The Hall–Kier alpha value is -2.87. The van der Waals surface area contributed by atoms with Gasteiger partial charge in [-0.15, -0.1) is 0 Å². The third-order valence-corrected chi connectivity index (χ3v) is 8.51. The summed E-state index contributed by atoms with van der Waals surface area (Å²) in [7, 11) is 0. The van der Waals surface area contributed by atoms with Crippen LogP contribution >= 0.6 is 0 Å². The molecule has 6 rings (SSSR count). The molecule has 2 heteroatoms. The molecule has 0 saturated heterocycles. The van der Waals surface area contributed by atoms with Gasteiger partial charge in [-0.3, -0.25) is 4.79 Å². The Morgan fingerprint density at radius 1 is 0.882 bits per heavy atom. The number of hydrogen-bond donors (Lipinski definition) is 0. The molecular formula is C32H34O2. The summed E-state index contributed by atoms with van der Waals surface area (Å²) in [6.07, 6.45) is 15.4. The summed E-state index contributed by atoms with van der Waals surface area (Å²) in [6, 6.07) is 20.8. The van der Waals surface area contributed by atoms with Crippen molar-refractivity contribution in [2.45, 2.75) is 70.3 Å². The fourth-order valence-corrected chi connectivity index (χ4v) is 6.83. The van der Waals surface area contributed by atoms with Crippen molar-refractivity contribution in [1.82, 2.24) is 0 Å². The van der Waals surface area contributed by atoms with Gasteiger partial charge in [0.15, 0.2) is 5.78 Å². The predicted octanol–water partition coefficient (Wildman–Crippen LogP) is 8.14. The zero-order valence-electron chi connectivity index (χ0n) is 20.0. The summed E-state index contributed by atoms with van der Waals surface area (Å²) in [5, 5.41) is 0. The van der Waals surface area contributed by atoms with Gasteiger partial charge in [0.2, 0.25) is 0 Å². The minimum Gasteiger partial charge on any atom is -0.488 e. The van der Waals surface area contributed by atoms with Gasteiger partial charge in [0.25, 0.3) is 0 Å². The average Bonchev–Trinajstić information content (AvgIpc) is 3.19. The van der Waals surface area contributed by atoms with Crippen LogP contribution in [0.3, 0.4) is 0 Å². The highest BCUT2D eigenvalue weighted by Crippen LogP contribution is 2.59. The fourth-order valence-electron chi connectivity index (χ4n) is 6.83. The molecule has 0 bridgehead atoms. The molecular weight excluding hydrogens is 416 g/mol.